The van der Waals surface area contributed by atoms with Gasteiger partial charge in [0, 0.05) is 16.3 Å². The Morgan fingerprint density at radius 3 is 2.68 bits per heavy atom. The van der Waals surface area contributed by atoms with Crippen molar-refractivity contribution in [3.8, 4) is 11.8 Å². The van der Waals surface area contributed by atoms with Gasteiger partial charge < -0.3 is 14.8 Å². The standard InChI is InChI=1S/C19H18ClN3O2/c1-19(2)17-16(14-9-11(10-21)3-8-15(14)25-19)23-18(24-17)22-13-6-4-12(20)5-7-13/h3-9,16-18,22-23H,1-2H3/t16-,17+,18-/m1/s1. The van der Waals surface area contributed by atoms with Crippen molar-refractivity contribution >= 4 is 17.3 Å². The quantitative estimate of drug-likeness (QED) is 0.857. The monoisotopic (exact) mass is 355 g/mol. The maximum absolute atomic E-state index is 9.19. The van der Waals surface area contributed by atoms with Gasteiger partial charge >= 0.3 is 0 Å². The second kappa shape index (κ2) is 5.92. The van der Waals surface area contributed by atoms with Crippen molar-refractivity contribution in [3.63, 3.8) is 0 Å². The first-order valence-electron chi connectivity index (χ1n) is 8.13. The van der Waals surface area contributed by atoms with Crippen LogP contribution in [-0.2, 0) is 4.74 Å². The maximum atomic E-state index is 9.19. The summed E-state index contributed by atoms with van der Waals surface area (Å²) in [6.45, 7) is 4.02. The van der Waals surface area contributed by atoms with Crippen LogP contribution in [0.25, 0.3) is 0 Å². The van der Waals surface area contributed by atoms with Crippen LogP contribution in [0.4, 0.5) is 5.69 Å². The average molecular weight is 356 g/mol. The molecule has 25 heavy (non-hydrogen) atoms. The van der Waals surface area contributed by atoms with E-state index in [-0.39, 0.29) is 18.5 Å². The molecule has 2 N–H and O–H groups in total. The fourth-order valence-electron chi connectivity index (χ4n) is 3.40. The third kappa shape index (κ3) is 2.93. The summed E-state index contributed by atoms with van der Waals surface area (Å²) < 4.78 is 12.3. The summed E-state index contributed by atoms with van der Waals surface area (Å²) in [6.07, 6.45) is -0.547. The number of hydrogen-bond acceptors (Lipinski definition) is 5. The summed E-state index contributed by atoms with van der Waals surface area (Å²) in [5.41, 5.74) is 1.97. The van der Waals surface area contributed by atoms with Crippen LogP contribution < -0.4 is 15.4 Å². The first kappa shape index (κ1) is 16.2. The Morgan fingerprint density at radius 1 is 1.20 bits per heavy atom. The molecule has 1 saturated heterocycles. The van der Waals surface area contributed by atoms with Crippen LogP contribution in [-0.4, -0.2) is 18.1 Å². The molecule has 2 aliphatic heterocycles. The highest BCUT2D eigenvalue weighted by atomic mass is 35.5. The molecule has 5 nitrogen and oxygen atoms in total. The van der Waals surface area contributed by atoms with E-state index in [0.717, 1.165) is 17.0 Å². The fourth-order valence-corrected chi connectivity index (χ4v) is 3.53. The maximum Gasteiger partial charge on any atom is 0.185 e. The topological polar surface area (TPSA) is 66.3 Å². The Kier molecular flexibility index (Phi) is 3.84. The fraction of sp³-hybridized carbons (Fsp3) is 0.316. The lowest BCUT2D eigenvalue weighted by atomic mass is 9.86. The minimum atomic E-state index is -0.491. The molecule has 2 aromatic carbocycles. The molecule has 3 atom stereocenters. The Bertz CT molecular complexity index is 845. The summed E-state index contributed by atoms with van der Waals surface area (Å²) in [5.74, 6) is 0.786. The number of nitriles is 1. The molecule has 0 aromatic heterocycles. The summed E-state index contributed by atoms with van der Waals surface area (Å²) >= 11 is 5.93. The Hall–Kier alpha value is -2.26. The van der Waals surface area contributed by atoms with E-state index >= 15 is 0 Å². The molecule has 0 unspecified atom stereocenters. The van der Waals surface area contributed by atoms with E-state index in [2.05, 4.69) is 16.7 Å². The van der Waals surface area contributed by atoms with Gasteiger partial charge in [-0.2, -0.15) is 5.26 Å². The van der Waals surface area contributed by atoms with Gasteiger partial charge in [-0.25, -0.2) is 0 Å². The average Bonchev–Trinajstić information content (AvgIpc) is 3.02. The van der Waals surface area contributed by atoms with Crippen molar-refractivity contribution in [3.05, 3.63) is 58.6 Å². The minimum Gasteiger partial charge on any atom is -0.485 e. The number of ether oxygens (including phenoxy) is 2. The van der Waals surface area contributed by atoms with Gasteiger partial charge in [-0.1, -0.05) is 11.6 Å². The molecule has 0 bridgehead atoms. The van der Waals surface area contributed by atoms with E-state index in [0.29, 0.717) is 10.6 Å². The van der Waals surface area contributed by atoms with Gasteiger partial charge in [0.25, 0.3) is 0 Å². The van der Waals surface area contributed by atoms with Gasteiger partial charge in [-0.15, -0.1) is 0 Å². The molecule has 0 saturated carbocycles. The van der Waals surface area contributed by atoms with Gasteiger partial charge in [-0.3, -0.25) is 5.32 Å². The molecule has 2 aromatic rings. The SMILES string of the molecule is CC1(C)Oc2ccc(C#N)cc2[C@H]2N[C@@H](Nc3ccc(Cl)cc3)O[C@@H]21. The van der Waals surface area contributed by atoms with Crippen molar-refractivity contribution in [2.45, 2.75) is 37.9 Å². The zero-order valence-electron chi connectivity index (χ0n) is 13.9. The number of nitrogens with zero attached hydrogens (tertiary/aromatic N) is 1. The van der Waals surface area contributed by atoms with Crippen molar-refractivity contribution in [2.75, 3.05) is 5.32 Å². The van der Waals surface area contributed by atoms with E-state index in [1.807, 2.05) is 50.2 Å². The van der Waals surface area contributed by atoms with Gasteiger partial charge in [0.05, 0.1) is 17.7 Å². The zero-order valence-corrected chi connectivity index (χ0v) is 14.7. The smallest absolute Gasteiger partial charge is 0.185 e. The highest BCUT2D eigenvalue weighted by molar-refractivity contribution is 6.30. The van der Waals surface area contributed by atoms with E-state index in [1.165, 1.54) is 0 Å². The lowest BCUT2D eigenvalue weighted by molar-refractivity contribution is -0.0770. The molecule has 4 rings (SSSR count). The number of halogens is 1. The number of benzene rings is 2. The van der Waals surface area contributed by atoms with Crippen LogP contribution in [0.1, 0.15) is 31.0 Å². The van der Waals surface area contributed by atoms with Gasteiger partial charge in [0.1, 0.15) is 17.5 Å². The molecule has 1 fully saturated rings. The molecule has 6 heteroatoms. The van der Waals surface area contributed by atoms with E-state index in [1.54, 1.807) is 6.07 Å². The number of rotatable bonds is 2. The van der Waals surface area contributed by atoms with Gasteiger partial charge in [0.15, 0.2) is 6.35 Å². The normalized spacial score (nSPS) is 26.1. The number of nitrogens with one attached hydrogen (secondary N) is 2. The van der Waals surface area contributed by atoms with Crippen molar-refractivity contribution in [1.29, 1.82) is 5.26 Å². The highest BCUT2D eigenvalue weighted by Crippen LogP contribution is 2.44. The van der Waals surface area contributed by atoms with E-state index < -0.39 is 5.60 Å². The molecule has 0 radical (unpaired) electrons. The summed E-state index contributed by atoms with van der Waals surface area (Å²) in [4.78, 5) is 0. The Labute approximate surface area is 151 Å². The number of anilines is 1. The first-order chi connectivity index (χ1) is 12.0. The van der Waals surface area contributed by atoms with E-state index in [9.17, 15) is 5.26 Å². The van der Waals surface area contributed by atoms with Crippen molar-refractivity contribution < 1.29 is 9.47 Å². The zero-order chi connectivity index (χ0) is 17.6. The van der Waals surface area contributed by atoms with Crippen molar-refractivity contribution in [1.82, 2.24) is 5.32 Å². The summed E-state index contributed by atoms with van der Waals surface area (Å²) in [5, 5.41) is 16.6. The molecule has 2 aliphatic rings. The van der Waals surface area contributed by atoms with Crippen LogP contribution in [0.15, 0.2) is 42.5 Å². The van der Waals surface area contributed by atoms with Crippen LogP contribution in [0.3, 0.4) is 0 Å². The lowest BCUT2D eigenvalue weighted by Gasteiger charge is -2.40. The Morgan fingerprint density at radius 2 is 1.96 bits per heavy atom. The van der Waals surface area contributed by atoms with Crippen LogP contribution in [0.2, 0.25) is 5.02 Å². The number of hydrogen-bond donors (Lipinski definition) is 2. The molecule has 0 amide bonds. The number of fused-ring (bicyclic) bond motifs is 3. The van der Waals surface area contributed by atoms with Crippen LogP contribution >= 0.6 is 11.6 Å². The minimum absolute atomic E-state index is 0.0585. The second-order valence-corrected chi connectivity index (χ2v) is 7.24. The molecule has 0 spiro atoms. The highest BCUT2D eigenvalue weighted by Gasteiger charge is 2.50. The molecular formula is C19H18ClN3O2. The van der Waals surface area contributed by atoms with E-state index in [4.69, 9.17) is 21.1 Å². The first-order valence-corrected chi connectivity index (χ1v) is 8.51. The largest absolute Gasteiger partial charge is 0.485 e. The van der Waals surface area contributed by atoms with Gasteiger partial charge in [-0.05, 0) is 56.3 Å². The lowest BCUT2D eigenvalue weighted by Crippen LogP contribution is -2.48. The summed E-state index contributed by atoms with van der Waals surface area (Å²) in [7, 11) is 0. The predicted octanol–water partition coefficient (Wildman–Crippen LogP) is 3.81. The molecular weight excluding hydrogens is 338 g/mol. The van der Waals surface area contributed by atoms with Crippen LogP contribution in [0.5, 0.6) is 5.75 Å². The predicted molar refractivity (Wildman–Crippen MR) is 95.5 cm³/mol. The molecule has 2 heterocycles. The Balaban J connectivity index is 1.62. The second-order valence-electron chi connectivity index (χ2n) is 6.80. The third-order valence-corrected chi connectivity index (χ3v) is 4.84. The van der Waals surface area contributed by atoms with Gasteiger partial charge in [0.2, 0.25) is 0 Å². The molecule has 0 aliphatic carbocycles. The van der Waals surface area contributed by atoms with Crippen molar-refractivity contribution in [2.24, 2.45) is 0 Å². The van der Waals surface area contributed by atoms with Crippen LogP contribution in [0, 0.1) is 11.3 Å². The third-order valence-electron chi connectivity index (χ3n) is 4.59. The summed E-state index contributed by atoms with van der Waals surface area (Å²) in [6, 6.07) is 15.1. The molecule has 128 valence electrons.